The van der Waals surface area contributed by atoms with Gasteiger partial charge >= 0.3 is 0 Å². The zero-order chi connectivity index (χ0) is 17.6. The van der Waals surface area contributed by atoms with E-state index < -0.39 is 10.0 Å². The second-order valence-corrected chi connectivity index (χ2v) is 8.47. The van der Waals surface area contributed by atoms with Crippen LogP contribution in [0.2, 0.25) is 0 Å². The van der Waals surface area contributed by atoms with E-state index in [1.165, 1.54) is 5.69 Å². The van der Waals surface area contributed by atoms with Crippen molar-refractivity contribution in [3.8, 4) is 0 Å². The minimum atomic E-state index is -3.15. The van der Waals surface area contributed by atoms with E-state index in [4.69, 9.17) is 0 Å². The standard InChI is InChI=1S/C15H24BrN5O2S.HI/c1-17-15(18-8-9-19-24(2,22)23)20-13-7-10-21(11-13)14-5-3-12(16)4-6-14;/h3-6,13,19H,7-11H2,1-2H3,(H2,17,18,20);1H. The molecular weight excluding hydrogens is 521 g/mol. The van der Waals surface area contributed by atoms with Crippen LogP contribution in [-0.4, -0.2) is 59.9 Å². The monoisotopic (exact) mass is 545 g/mol. The lowest BCUT2D eigenvalue weighted by Crippen LogP contribution is -2.46. The number of sulfonamides is 1. The number of nitrogens with zero attached hydrogens (tertiary/aromatic N) is 2. The van der Waals surface area contributed by atoms with Crippen molar-refractivity contribution in [2.45, 2.75) is 12.5 Å². The first kappa shape index (κ1) is 22.5. The number of hydrogen-bond acceptors (Lipinski definition) is 4. The second kappa shape index (κ2) is 10.5. The number of benzene rings is 1. The summed E-state index contributed by atoms with van der Waals surface area (Å²) in [5.74, 6) is 0.688. The van der Waals surface area contributed by atoms with Crippen LogP contribution in [0.4, 0.5) is 5.69 Å². The normalized spacial score (nSPS) is 18.0. The molecule has 0 spiro atoms. The predicted molar refractivity (Wildman–Crippen MR) is 118 cm³/mol. The van der Waals surface area contributed by atoms with Crippen LogP contribution in [0.25, 0.3) is 0 Å². The number of aliphatic imine (C=N–C) groups is 1. The number of rotatable bonds is 6. The van der Waals surface area contributed by atoms with E-state index in [1.807, 2.05) is 12.1 Å². The molecule has 1 unspecified atom stereocenters. The van der Waals surface area contributed by atoms with Crippen molar-refractivity contribution < 1.29 is 8.42 Å². The van der Waals surface area contributed by atoms with Crippen molar-refractivity contribution in [1.82, 2.24) is 15.4 Å². The molecule has 25 heavy (non-hydrogen) atoms. The lowest BCUT2D eigenvalue weighted by molar-refractivity contribution is 0.585. The van der Waals surface area contributed by atoms with E-state index in [0.29, 0.717) is 25.1 Å². The molecule has 1 atom stereocenters. The van der Waals surface area contributed by atoms with Gasteiger partial charge in [0.25, 0.3) is 0 Å². The van der Waals surface area contributed by atoms with Crippen LogP contribution in [0.15, 0.2) is 33.7 Å². The molecule has 1 aliphatic heterocycles. The third-order valence-corrected chi connectivity index (χ3v) is 4.98. The first-order valence-corrected chi connectivity index (χ1v) is 10.5. The van der Waals surface area contributed by atoms with Crippen LogP contribution in [0, 0.1) is 0 Å². The molecule has 3 N–H and O–H groups in total. The Morgan fingerprint density at radius 1 is 1.32 bits per heavy atom. The Hall–Kier alpha value is -0.590. The van der Waals surface area contributed by atoms with E-state index >= 15 is 0 Å². The Balaban J connectivity index is 0.00000312. The molecule has 0 aromatic heterocycles. The van der Waals surface area contributed by atoms with Crippen LogP contribution >= 0.6 is 39.9 Å². The van der Waals surface area contributed by atoms with Gasteiger partial charge < -0.3 is 15.5 Å². The van der Waals surface area contributed by atoms with Gasteiger partial charge in [0.05, 0.1) is 6.26 Å². The minimum Gasteiger partial charge on any atom is -0.369 e. The number of halogens is 2. The summed E-state index contributed by atoms with van der Waals surface area (Å²) in [4.78, 5) is 6.52. The Bertz CT molecular complexity index is 669. The number of hydrogen-bond donors (Lipinski definition) is 3. The summed E-state index contributed by atoms with van der Waals surface area (Å²) < 4.78 is 25.6. The Kier molecular flexibility index (Phi) is 9.46. The summed E-state index contributed by atoms with van der Waals surface area (Å²) in [6.07, 6.45) is 2.17. The number of nitrogens with one attached hydrogen (secondary N) is 3. The van der Waals surface area contributed by atoms with E-state index in [9.17, 15) is 8.42 Å². The van der Waals surface area contributed by atoms with Gasteiger partial charge in [-0.3, -0.25) is 4.99 Å². The van der Waals surface area contributed by atoms with Crippen LogP contribution in [0.1, 0.15) is 6.42 Å². The summed E-state index contributed by atoms with van der Waals surface area (Å²) in [7, 11) is -1.44. The van der Waals surface area contributed by atoms with Crippen molar-refractivity contribution >= 4 is 61.6 Å². The van der Waals surface area contributed by atoms with Gasteiger partial charge in [0, 0.05) is 49.4 Å². The van der Waals surface area contributed by atoms with Crippen molar-refractivity contribution in [2.24, 2.45) is 4.99 Å². The zero-order valence-electron chi connectivity index (χ0n) is 14.3. The topological polar surface area (TPSA) is 85.8 Å². The van der Waals surface area contributed by atoms with Gasteiger partial charge in [0.2, 0.25) is 10.0 Å². The maximum absolute atomic E-state index is 11.0. The van der Waals surface area contributed by atoms with Crippen molar-refractivity contribution in [3.63, 3.8) is 0 Å². The first-order valence-electron chi connectivity index (χ1n) is 7.80. The molecule has 0 amide bonds. The van der Waals surface area contributed by atoms with E-state index in [1.54, 1.807) is 7.05 Å². The average molecular weight is 546 g/mol. The Labute approximate surface area is 175 Å². The molecular formula is C15H25BrIN5O2S. The van der Waals surface area contributed by atoms with Gasteiger partial charge in [0.15, 0.2) is 5.96 Å². The van der Waals surface area contributed by atoms with Crippen molar-refractivity contribution in [1.29, 1.82) is 0 Å². The summed E-state index contributed by atoms with van der Waals surface area (Å²) in [5, 5.41) is 6.50. The van der Waals surface area contributed by atoms with Gasteiger partial charge in [-0.05, 0) is 30.7 Å². The fourth-order valence-corrected chi connectivity index (χ4v) is 3.31. The minimum absolute atomic E-state index is 0. The predicted octanol–water partition coefficient (Wildman–Crippen LogP) is 1.36. The smallest absolute Gasteiger partial charge is 0.208 e. The lowest BCUT2D eigenvalue weighted by Gasteiger charge is -2.20. The molecule has 1 aliphatic rings. The fraction of sp³-hybridized carbons (Fsp3) is 0.533. The summed E-state index contributed by atoms with van der Waals surface area (Å²) in [6, 6.07) is 8.62. The molecule has 7 nitrogen and oxygen atoms in total. The molecule has 0 aliphatic carbocycles. The van der Waals surface area contributed by atoms with Crippen molar-refractivity contribution in [2.75, 3.05) is 44.4 Å². The quantitative estimate of drug-likeness (QED) is 0.217. The maximum Gasteiger partial charge on any atom is 0.208 e. The van der Waals surface area contributed by atoms with E-state index in [-0.39, 0.29) is 24.0 Å². The second-order valence-electron chi connectivity index (χ2n) is 5.72. The third-order valence-electron chi connectivity index (χ3n) is 3.73. The van der Waals surface area contributed by atoms with Crippen LogP contribution in [0.5, 0.6) is 0 Å². The van der Waals surface area contributed by atoms with Gasteiger partial charge in [-0.25, -0.2) is 13.1 Å². The highest BCUT2D eigenvalue weighted by atomic mass is 127. The van der Waals surface area contributed by atoms with Gasteiger partial charge in [-0.2, -0.15) is 0 Å². The fourth-order valence-electron chi connectivity index (χ4n) is 2.57. The third kappa shape index (κ3) is 8.09. The molecule has 1 aromatic carbocycles. The molecule has 1 saturated heterocycles. The first-order chi connectivity index (χ1) is 11.4. The van der Waals surface area contributed by atoms with E-state index in [2.05, 4.69) is 53.3 Å². The molecule has 1 fully saturated rings. The highest BCUT2D eigenvalue weighted by Crippen LogP contribution is 2.22. The van der Waals surface area contributed by atoms with Crippen molar-refractivity contribution in [3.05, 3.63) is 28.7 Å². The summed E-state index contributed by atoms with van der Waals surface area (Å²) >= 11 is 3.45. The molecule has 2 rings (SSSR count). The van der Waals surface area contributed by atoms with Gasteiger partial charge in [-0.15, -0.1) is 24.0 Å². The highest BCUT2D eigenvalue weighted by Gasteiger charge is 2.23. The average Bonchev–Trinajstić information content (AvgIpc) is 2.98. The Morgan fingerprint density at radius 2 is 2.00 bits per heavy atom. The summed E-state index contributed by atoms with van der Waals surface area (Å²) in [5.41, 5.74) is 1.21. The number of guanidine groups is 1. The largest absolute Gasteiger partial charge is 0.369 e. The van der Waals surface area contributed by atoms with Crippen LogP contribution in [0.3, 0.4) is 0 Å². The SMILES string of the molecule is CN=C(NCCNS(C)(=O)=O)NC1CCN(c2ccc(Br)cc2)C1.I. The molecule has 0 radical (unpaired) electrons. The summed E-state index contributed by atoms with van der Waals surface area (Å²) in [6.45, 7) is 2.71. The number of anilines is 1. The molecule has 142 valence electrons. The van der Waals surface area contributed by atoms with Gasteiger partial charge in [0.1, 0.15) is 0 Å². The highest BCUT2D eigenvalue weighted by molar-refractivity contribution is 14.0. The molecule has 1 heterocycles. The van der Waals surface area contributed by atoms with Crippen LogP contribution < -0.4 is 20.3 Å². The maximum atomic E-state index is 11.0. The lowest BCUT2D eigenvalue weighted by atomic mass is 10.3. The Morgan fingerprint density at radius 3 is 2.60 bits per heavy atom. The molecule has 0 saturated carbocycles. The zero-order valence-corrected chi connectivity index (χ0v) is 19.1. The molecule has 10 heteroatoms. The molecule has 0 bridgehead atoms. The van der Waals surface area contributed by atoms with E-state index in [0.717, 1.165) is 30.2 Å². The van der Waals surface area contributed by atoms with Crippen LogP contribution in [-0.2, 0) is 10.0 Å². The van der Waals surface area contributed by atoms with Gasteiger partial charge in [-0.1, -0.05) is 15.9 Å². The molecule has 1 aromatic rings.